The van der Waals surface area contributed by atoms with Crippen molar-refractivity contribution in [1.82, 2.24) is 16.0 Å². The fourth-order valence-electron chi connectivity index (χ4n) is 8.36. The summed E-state index contributed by atoms with van der Waals surface area (Å²) in [5.74, 6) is 0.727. The van der Waals surface area contributed by atoms with E-state index in [0.717, 1.165) is 18.4 Å². The van der Waals surface area contributed by atoms with Gasteiger partial charge in [-0.25, -0.2) is 0 Å². The molecule has 2 amide bonds. The number of rotatable bonds is 31. The zero-order chi connectivity index (χ0) is 51.5. The van der Waals surface area contributed by atoms with Crippen molar-refractivity contribution < 1.29 is 48.1 Å². The average molecular weight is 1020 g/mol. The molecule has 10 N–H and O–H groups in total. The van der Waals surface area contributed by atoms with Crippen molar-refractivity contribution in [1.29, 1.82) is 0 Å². The Kier molecular flexibility index (Phi) is 33.6. The molecule has 0 bridgehead atoms. The number of carbonyl (C=O) groups excluding carboxylic acids is 7. The van der Waals surface area contributed by atoms with Crippen molar-refractivity contribution in [3.8, 4) is 5.75 Å². The van der Waals surface area contributed by atoms with E-state index < -0.39 is 23.9 Å². The number of nitrogens with zero attached hydrogens (tertiary/aromatic N) is 1. The summed E-state index contributed by atoms with van der Waals surface area (Å²) in [5, 5.41) is 19.2. The van der Waals surface area contributed by atoms with Crippen LogP contribution >= 0.6 is 23.5 Å². The summed E-state index contributed by atoms with van der Waals surface area (Å²) >= 11 is 2.93. The van der Waals surface area contributed by atoms with Crippen molar-refractivity contribution in [3.63, 3.8) is 0 Å². The van der Waals surface area contributed by atoms with Crippen LogP contribution in [0.4, 0.5) is 0 Å². The zero-order valence-electron chi connectivity index (χ0n) is 42.2. The molecule has 1 aromatic rings. The molecule has 0 unspecified atom stereocenters. The first-order valence-electron chi connectivity index (χ1n) is 25.3. The molecule has 1 aliphatic heterocycles. The summed E-state index contributed by atoms with van der Waals surface area (Å²) in [5.41, 5.74) is 17.7. The van der Waals surface area contributed by atoms with E-state index in [1.165, 1.54) is 23.5 Å². The molecule has 1 heterocycles. The summed E-state index contributed by atoms with van der Waals surface area (Å²) in [6, 6.07) is 5.21. The number of Topliss-reactive ketones (excluding diaryl/α,β-unsaturated/α-hetero) is 5. The molecule has 19 heteroatoms. The van der Waals surface area contributed by atoms with Crippen molar-refractivity contribution >= 4 is 70.2 Å². The molecule has 0 radical (unpaired) electrons. The largest absolute Gasteiger partial charge is 0.508 e. The van der Waals surface area contributed by atoms with Gasteiger partial charge in [-0.15, -0.1) is 0 Å². The molecule has 396 valence electrons. The first kappa shape index (κ1) is 62.2. The number of aromatic hydroxyl groups is 1. The van der Waals surface area contributed by atoms with Gasteiger partial charge in [-0.3, -0.25) is 38.6 Å². The normalized spacial score (nSPS) is 19.3. The fraction of sp³-hybridized carbons (Fsp3) is 0.725. The van der Waals surface area contributed by atoms with Gasteiger partial charge in [-0.05, 0) is 112 Å². The second-order valence-electron chi connectivity index (χ2n) is 18.5. The van der Waals surface area contributed by atoms with Gasteiger partial charge in [-0.1, -0.05) is 38.8 Å². The quantitative estimate of drug-likeness (QED) is 0.0307. The number of guanidine groups is 1. The lowest BCUT2D eigenvalue weighted by Crippen LogP contribution is -2.45. The Morgan fingerprint density at radius 1 is 0.929 bits per heavy atom. The van der Waals surface area contributed by atoms with Gasteiger partial charge >= 0.3 is 0 Å². The van der Waals surface area contributed by atoms with Crippen LogP contribution in [0.5, 0.6) is 5.75 Å². The minimum absolute atomic E-state index is 0.00267. The highest BCUT2D eigenvalue weighted by Gasteiger charge is 2.27. The third-order valence-corrected chi connectivity index (χ3v) is 14.5. The predicted octanol–water partition coefficient (Wildman–Crippen LogP) is 4.46. The summed E-state index contributed by atoms with van der Waals surface area (Å²) in [7, 11) is 0. The second kappa shape index (κ2) is 37.8. The summed E-state index contributed by atoms with van der Waals surface area (Å²) < 4.78 is 11.1. The van der Waals surface area contributed by atoms with E-state index in [-0.39, 0.29) is 110 Å². The Morgan fingerprint density at radius 2 is 1.66 bits per heavy atom. The minimum atomic E-state index is -0.690. The lowest BCUT2D eigenvalue weighted by atomic mass is 9.81. The number of phenolic OH excluding ortho intramolecular Hbond substituents is 1. The zero-order valence-corrected chi connectivity index (χ0v) is 43.8. The van der Waals surface area contributed by atoms with Crippen LogP contribution in [-0.4, -0.2) is 140 Å². The van der Waals surface area contributed by atoms with Crippen LogP contribution in [-0.2, 0) is 49.5 Å². The van der Waals surface area contributed by atoms with E-state index in [9.17, 15) is 38.7 Å². The Bertz CT molecular complexity index is 1750. The lowest BCUT2D eigenvalue weighted by molar-refractivity contribution is -0.125. The minimum Gasteiger partial charge on any atom is -0.508 e. The van der Waals surface area contributed by atoms with E-state index >= 15 is 0 Å². The molecule has 6 atom stereocenters. The van der Waals surface area contributed by atoms with Crippen molar-refractivity contribution in [3.05, 3.63) is 29.8 Å². The predicted molar refractivity (Wildman–Crippen MR) is 280 cm³/mol. The number of primary amides is 1. The molecule has 0 spiro atoms. The number of carbonyl (C=O) groups is 7. The number of hydrogen-bond donors (Lipinski definition) is 7. The van der Waals surface area contributed by atoms with Crippen LogP contribution < -0.4 is 33.2 Å². The third kappa shape index (κ3) is 29.5. The van der Waals surface area contributed by atoms with Crippen molar-refractivity contribution in [2.75, 3.05) is 76.1 Å². The molecule has 17 nitrogen and oxygen atoms in total. The topological polar surface area (TPSA) is 285 Å². The van der Waals surface area contributed by atoms with Crippen LogP contribution in [0.1, 0.15) is 122 Å². The van der Waals surface area contributed by atoms with E-state index in [4.69, 9.17) is 26.7 Å². The lowest BCUT2D eigenvalue weighted by Gasteiger charge is -2.25. The molecule has 1 aliphatic rings. The molecule has 1 aromatic carbocycles. The smallest absolute Gasteiger partial charge is 0.234 e. The van der Waals surface area contributed by atoms with E-state index in [1.807, 2.05) is 6.26 Å². The van der Waals surface area contributed by atoms with Gasteiger partial charge in [0.25, 0.3) is 0 Å². The molecule has 1 saturated heterocycles. The standard InChI is InChI=1S/C51H85N7O10S2/c1-4-36(2)40-10-5-9-39(20-24-55-49(65)21-26-68-28-27-67-25-7-11-43(61)34-69-3)48(64)33-58-45(22-29-70-35-44(62)18-17-42(60)31-40)47(63)19-14-38(8-6-23-56-51(53)54)32-57-46(50(52)66)30-37-12-15-41(59)16-13-37/h12-13,15-16,36,38-40,45-46,57-59H,4-11,14,17-35H2,1-3H3,(H2,52,66)(H,55,65)(H4,53,54,56)/t36-,38+,39-,40-,45-,46-/m0/s1. The molecule has 70 heavy (non-hydrogen) atoms. The van der Waals surface area contributed by atoms with Crippen molar-refractivity contribution in [2.45, 2.75) is 135 Å². The Morgan fingerprint density at radius 3 is 2.36 bits per heavy atom. The number of ether oxygens (including phenoxy) is 2. The van der Waals surface area contributed by atoms with Crippen LogP contribution in [0.3, 0.4) is 0 Å². The van der Waals surface area contributed by atoms with Gasteiger partial charge in [0.2, 0.25) is 11.8 Å². The Labute approximate surface area is 425 Å². The van der Waals surface area contributed by atoms with Crippen LogP contribution in [0.25, 0.3) is 0 Å². The maximum absolute atomic E-state index is 14.1. The molecular formula is C51H85N7O10S2. The maximum atomic E-state index is 14.1. The number of phenols is 1. The number of benzene rings is 1. The fourth-order valence-corrected chi connectivity index (χ4v) is 9.75. The second-order valence-corrected chi connectivity index (χ2v) is 20.5. The van der Waals surface area contributed by atoms with Crippen molar-refractivity contribution in [2.24, 2.45) is 45.9 Å². The number of ketones is 5. The highest BCUT2D eigenvalue weighted by atomic mass is 32.2. The SMILES string of the molecule is CC[C@H](C)[C@H]1CCC[C@@H](CCNC(=O)CCOCCOCCCC(=O)CSC)C(=O)CN[C@H](C(=O)CC[C@@H](CCCN=C(N)N)CN[C@@H](Cc2ccc(O)cc2)C(N)=O)CCSCC(=O)CCC(=O)C1. The Balaban J connectivity index is 2.14. The van der Waals surface area contributed by atoms with Gasteiger partial charge in [0.1, 0.15) is 34.7 Å². The third-order valence-electron chi connectivity index (χ3n) is 12.9. The number of nitrogens with two attached hydrogens (primary N) is 3. The van der Waals surface area contributed by atoms with E-state index in [2.05, 4.69) is 34.8 Å². The average Bonchev–Trinajstić information content (AvgIpc) is 3.32. The van der Waals surface area contributed by atoms with Gasteiger partial charge in [0.05, 0.1) is 50.0 Å². The van der Waals surface area contributed by atoms with Gasteiger partial charge in [0.15, 0.2) is 5.96 Å². The van der Waals surface area contributed by atoms with Crippen LogP contribution in [0, 0.1) is 23.7 Å². The maximum Gasteiger partial charge on any atom is 0.234 e. The first-order valence-corrected chi connectivity index (χ1v) is 27.8. The molecule has 0 aromatic heterocycles. The molecule has 0 saturated carbocycles. The monoisotopic (exact) mass is 1020 g/mol. The summed E-state index contributed by atoms with van der Waals surface area (Å²) in [6.07, 6.45) is 10.0. The number of aliphatic imine (C=N–C) groups is 1. The number of thioether (sulfide) groups is 2. The molecule has 2 rings (SSSR count). The number of amides is 2. The molecule has 0 aliphatic carbocycles. The van der Waals surface area contributed by atoms with Gasteiger partial charge in [0, 0.05) is 64.1 Å². The highest BCUT2D eigenvalue weighted by molar-refractivity contribution is 8.00. The number of hydrogen-bond acceptors (Lipinski definition) is 15. The first-order chi connectivity index (χ1) is 33.6. The van der Waals surface area contributed by atoms with Gasteiger partial charge < -0.3 is 47.7 Å². The highest BCUT2D eigenvalue weighted by Crippen LogP contribution is 2.28. The van der Waals surface area contributed by atoms with Crippen LogP contribution in [0.2, 0.25) is 0 Å². The van der Waals surface area contributed by atoms with E-state index in [0.29, 0.717) is 121 Å². The summed E-state index contributed by atoms with van der Waals surface area (Å²) in [6.45, 7) is 6.67. The van der Waals surface area contributed by atoms with Crippen LogP contribution in [0.15, 0.2) is 29.3 Å². The van der Waals surface area contributed by atoms with E-state index in [1.54, 1.807) is 24.3 Å². The van der Waals surface area contributed by atoms with Gasteiger partial charge in [-0.2, -0.15) is 23.5 Å². The molecule has 1 fully saturated rings. The summed E-state index contributed by atoms with van der Waals surface area (Å²) in [4.78, 5) is 95.2. The molecular weight excluding hydrogens is 935 g/mol. The number of nitrogens with one attached hydrogen (secondary N) is 3. The Hall–Kier alpha value is -3.88.